The third kappa shape index (κ3) is 5.09. The molecule has 35 heavy (non-hydrogen) atoms. The maximum atomic E-state index is 13.6. The number of nitrogens with zero attached hydrogens (tertiary/aromatic N) is 1. The van der Waals surface area contributed by atoms with E-state index in [1.165, 1.54) is 12.1 Å². The molecule has 1 aliphatic heterocycles. The van der Waals surface area contributed by atoms with Gasteiger partial charge in [-0.05, 0) is 86.1 Å². The van der Waals surface area contributed by atoms with Gasteiger partial charge in [0.2, 0.25) is 5.91 Å². The largest absolute Gasteiger partial charge is 0.450 e. The Bertz CT molecular complexity index is 1100. The van der Waals surface area contributed by atoms with Gasteiger partial charge in [0.15, 0.2) is 0 Å². The molecule has 7 heteroatoms. The number of nitrogens with one attached hydrogen (secondary N) is 2. The minimum absolute atomic E-state index is 0.0237. The van der Waals surface area contributed by atoms with Gasteiger partial charge in [0.1, 0.15) is 5.82 Å². The molecule has 0 spiro atoms. The number of alkyl carbamates (subject to hydrolysis) is 1. The van der Waals surface area contributed by atoms with Crippen molar-refractivity contribution in [2.45, 2.75) is 38.6 Å². The van der Waals surface area contributed by atoms with Crippen molar-refractivity contribution in [1.29, 1.82) is 0 Å². The number of hydrogen-bond acceptors (Lipinski definition) is 4. The number of aromatic nitrogens is 1. The van der Waals surface area contributed by atoms with Crippen LogP contribution in [0.15, 0.2) is 48.7 Å². The lowest BCUT2D eigenvalue weighted by Gasteiger charge is -2.47. The smallest absolute Gasteiger partial charge is 0.407 e. The maximum Gasteiger partial charge on any atom is 0.407 e. The average molecular weight is 478 g/mol. The van der Waals surface area contributed by atoms with Gasteiger partial charge >= 0.3 is 6.09 Å². The Morgan fingerprint density at radius 1 is 1.20 bits per heavy atom. The van der Waals surface area contributed by atoms with Crippen molar-refractivity contribution in [2.75, 3.05) is 13.2 Å². The zero-order valence-corrected chi connectivity index (χ0v) is 20.0. The molecular formula is C28H32FN3O3. The summed E-state index contributed by atoms with van der Waals surface area (Å²) in [4.78, 5) is 29.1. The highest BCUT2D eigenvalue weighted by Crippen LogP contribution is 2.50. The standard InChI is InChI=1S/C28H32FN3O3/c1-2-35-28(34)32-22-9-10-23-19(13-22)14-25-26(16-31-27(25)33)24(23)11-8-21-7-6-18(15-30-21)17-4-3-5-20(29)12-17/h3-8,11-12,15,19,22-26H,2,9-10,13-14,16H2,1H3,(H,31,33)(H,32,34)/b11-8+/t19-,22+,23+,24-,25+,26-/m0/s1. The zero-order valence-electron chi connectivity index (χ0n) is 20.0. The van der Waals surface area contributed by atoms with Gasteiger partial charge < -0.3 is 15.4 Å². The third-order valence-electron chi connectivity index (χ3n) is 7.98. The second-order valence-corrected chi connectivity index (χ2v) is 9.97. The SMILES string of the molecule is CCOC(=O)N[C@@H]1CC[C@@H]2[C@@H](C1)C[C@H]1C(=O)NC[C@H]1[C@H]2/C=C/c1ccc(-c2cccc(F)c2)cn1. The van der Waals surface area contributed by atoms with E-state index in [1.54, 1.807) is 19.2 Å². The van der Waals surface area contributed by atoms with Crippen LogP contribution >= 0.6 is 0 Å². The number of rotatable bonds is 5. The van der Waals surface area contributed by atoms with E-state index in [0.717, 1.165) is 49.0 Å². The Morgan fingerprint density at radius 3 is 2.86 bits per heavy atom. The first-order valence-electron chi connectivity index (χ1n) is 12.6. The van der Waals surface area contributed by atoms with Crippen molar-refractivity contribution in [3.63, 3.8) is 0 Å². The second-order valence-electron chi connectivity index (χ2n) is 9.97. The fourth-order valence-corrected chi connectivity index (χ4v) is 6.39. The summed E-state index contributed by atoms with van der Waals surface area (Å²) >= 11 is 0. The molecular weight excluding hydrogens is 445 g/mol. The van der Waals surface area contributed by atoms with E-state index in [0.29, 0.717) is 24.4 Å². The van der Waals surface area contributed by atoms with Gasteiger partial charge in [-0.2, -0.15) is 0 Å². The van der Waals surface area contributed by atoms with Gasteiger partial charge in [-0.1, -0.05) is 24.3 Å². The molecule has 2 aromatic rings. The summed E-state index contributed by atoms with van der Waals surface area (Å²) in [7, 11) is 0. The Morgan fingerprint density at radius 2 is 2.09 bits per heavy atom. The van der Waals surface area contributed by atoms with Crippen molar-refractivity contribution < 1.29 is 18.7 Å². The van der Waals surface area contributed by atoms with Crippen LogP contribution in [0.25, 0.3) is 17.2 Å². The van der Waals surface area contributed by atoms with Crippen LogP contribution < -0.4 is 10.6 Å². The highest BCUT2D eigenvalue weighted by molar-refractivity contribution is 5.81. The highest BCUT2D eigenvalue weighted by Gasteiger charge is 2.50. The lowest BCUT2D eigenvalue weighted by molar-refractivity contribution is -0.125. The van der Waals surface area contributed by atoms with Crippen LogP contribution in [0, 0.1) is 35.4 Å². The number of allylic oxidation sites excluding steroid dienone is 1. The van der Waals surface area contributed by atoms with Gasteiger partial charge in [0, 0.05) is 30.3 Å². The normalized spacial score (nSPS) is 29.8. The average Bonchev–Trinajstić information content (AvgIpc) is 3.22. The van der Waals surface area contributed by atoms with Crippen molar-refractivity contribution in [1.82, 2.24) is 15.6 Å². The quantitative estimate of drug-likeness (QED) is 0.648. The summed E-state index contributed by atoms with van der Waals surface area (Å²) in [6.07, 6.45) is 9.42. The van der Waals surface area contributed by atoms with E-state index in [4.69, 9.17) is 4.74 Å². The molecule has 0 unspecified atom stereocenters. The predicted molar refractivity (Wildman–Crippen MR) is 132 cm³/mol. The van der Waals surface area contributed by atoms with E-state index >= 15 is 0 Å². The van der Waals surface area contributed by atoms with Crippen molar-refractivity contribution >= 4 is 18.1 Å². The first-order valence-corrected chi connectivity index (χ1v) is 12.6. The number of pyridine rings is 1. The lowest BCUT2D eigenvalue weighted by atomic mass is 9.58. The summed E-state index contributed by atoms with van der Waals surface area (Å²) in [6, 6.07) is 10.5. The molecule has 2 aliphatic carbocycles. The molecule has 5 rings (SSSR count). The Hall–Kier alpha value is -3.22. The molecule has 6 nitrogen and oxygen atoms in total. The van der Waals surface area contributed by atoms with E-state index in [-0.39, 0.29) is 35.7 Å². The molecule has 6 atom stereocenters. The summed E-state index contributed by atoms with van der Waals surface area (Å²) in [6.45, 7) is 2.88. The molecule has 2 heterocycles. The molecule has 2 amide bonds. The number of benzene rings is 1. The van der Waals surface area contributed by atoms with Crippen LogP contribution in [-0.4, -0.2) is 36.2 Å². The van der Waals surface area contributed by atoms with Crippen LogP contribution in [0.1, 0.15) is 38.3 Å². The molecule has 1 aromatic heterocycles. The molecule has 2 saturated carbocycles. The first kappa shape index (κ1) is 23.5. The number of halogens is 1. The molecule has 0 radical (unpaired) electrons. The van der Waals surface area contributed by atoms with Crippen molar-refractivity contribution in [3.05, 3.63) is 60.2 Å². The molecule has 2 N–H and O–H groups in total. The topological polar surface area (TPSA) is 80.3 Å². The van der Waals surface area contributed by atoms with E-state index in [1.807, 2.05) is 18.2 Å². The number of ether oxygens (including phenoxy) is 1. The fraction of sp³-hybridized carbons (Fsp3) is 0.464. The van der Waals surface area contributed by atoms with Gasteiger partial charge in [0.05, 0.1) is 12.3 Å². The molecule has 184 valence electrons. The van der Waals surface area contributed by atoms with E-state index in [9.17, 15) is 14.0 Å². The van der Waals surface area contributed by atoms with Crippen LogP contribution in [0.4, 0.5) is 9.18 Å². The molecule has 1 saturated heterocycles. The number of carbonyl (C=O) groups excluding carboxylic acids is 2. The van der Waals surface area contributed by atoms with Gasteiger partial charge in [-0.15, -0.1) is 0 Å². The van der Waals surface area contributed by atoms with Gasteiger partial charge in [-0.3, -0.25) is 9.78 Å². The zero-order chi connectivity index (χ0) is 24.4. The van der Waals surface area contributed by atoms with Crippen LogP contribution in [0.3, 0.4) is 0 Å². The summed E-state index contributed by atoms with van der Waals surface area (Å²) in [5.74, 6) is 1.36. The second kappa shape index (κ2) is 10.2. The highest BCUT2D eigenvalue weighted by atomic mass is 19.1. The maximum absolute atomic E-state index is 13.6. The van der Waals surface area contributed by atoms with Crippen LogP contribution in [0.2, 0.25) is 0 Å². The molecule has 3 fully saturated rings. The number of carbonyl (C=O) groups is 2. The van der Waals surface area contributed by atoms with Crippen molar-refractivity contribution in [3.8, 4) is 11.1 Å². The summed E-state index contributed by atoms with van der Waals surface area (Å²) in [5.41, 5.74) is 2.52. The minimum Gasteiger partial charge on any atom is -0.450 e. The Labute approximate surface area is 205 Å². The van der Waals surface area contributed by atoms with Crippen LogP contribution in [-0.2, 0) is 9.53 Å². The lowest BCUT2D eigenvalue weighted by Crippen LogP contribution is -2.47. The van der Waals surface area contributed by atoms with Gasteiger partial charge in [0.25, 0.3) is 0 Å². The monoisotopic (exact) mass is 477 g/mol. The fourth-order valence-electron chi connectivity index (χ4n) is 6.39. The molecule has 1 aromatic carbocycles. The molecule has 3 aliphatic rings. The van der Waals surface area contributed by atoms with Gasteiger partial charge in [-0.25, -0.2) is 9.18 Å². The van der Waals surface area contributed by atoms with Crippen LogP contribution in [0.5, 0.6) is 0 Å². The third-order valence-corrected chi connectivity index (χ3v) is 7.98. The Kier molecular flexibility index (Phi) is 6.84. The number of amides is 2. The summed E-state index contributed by atoms with van der Waals surface area (Å²) < 4.78 is 18.6. The molecule has 0 bridgehead atoms. The Balaban J connectivity index is 1.31. The minimum atomic E-state index is -0.354. The predicted octanol–water partition coefficient (Wildman–Crippen LogP) is 4.81. The number of hydrogen-bond donors (Lipinski definition) is 2. The summed E-state index contributed by atoms with van der Waals surface area (Å²) in [5, 5.41) is 6.09. The first-order chi connectivity index (χ1) is 17.0. The number of fused-ring (bicyclic) bond motifs is 2. The van der Waals surface area contributed by atoms with E-state index < -0.39 is 0 Å². The van der Waals surface area contributed by atoms with E-state index in [2.05, 4.69) is 27.8 Å². The van der Waals surface area contributed by atoms with Crippen molar-refractivity contribution in [2.24, 2.45) is 29.6 Å².